The summed E-state index contributed by atoms with van der Waals surface area (Å²) in [6.45, 7) is 7.75. The third-order valence-corrected chi connectivity index (χ3v) is 6.54. The molecule has 2 heterocycles. The molecule has 3 N–H and O–H groups in total. The number of amidine groups is 1. The second-order valence-corrected chi connectivity index (χ2v) is 9.03. The number of nitrogen functional groups attached to an aromatic ring is 1. The highest BCUT2D eigenvalue weighted by molar-refractivity contribution is 6.01. The Morgan fingerprint density at radius 1 is 1.03 bits per heavy atom. The molecule has 3 atom stereocenters. The van der Waals surface area contributed by atoms with Gasteiger partial charge in [-0.3, -0.25) is 15.1 Å². The first-order valence-electron chi connectivity index (χ1n) is 11.8. The lowest BCUT2D eigenvalue weighted by Gasteiger charge is -2.38. The van der Waals surface area contributed by atoms with Crippen molar-refractivity contribution < 1.29 is 14.3 Å². The van der Waals surface area contributed by atoms with Gasteiger partial charge in [0.15, 0.2) is 0 Å². The Kier molecular flexibility index (Phi) is 7.30. The lowest BCUT2D eigenvalue weighted by Crippen LogP contribution is -2.49. The number of morpholine rings is 1. The smallest absolute Gasteiger partial charge is 0.272 e. The van der Waals surface area contributed by atoms with Gasteiger partial charge < -0.3 is 20.1 Å². The number of fused-ring (bicyclic) bond motifs is 1. The molecule has 33 heavy (non-hydrogen) atoms. The Labute approximate surface area is 196 Å². The molecule has 0 spiro atoms. The zero-order chi connectivity index (χ0) is 23.4. The first-order valence-corrected chi connectivity index (χ1v) is 11.8. The molecule has 0 radical (unpaired) electrons. The molecule has 2 aromatic carbocycles. The molecule has 176 valence electrons. The van der Waals surface area contributed by atoms with E-state index >= 15 is 0 Å². The predicted octanol–water partition coefficient (Wildman–Crippen LogP) is 3.72. The molecule has 2 aromatic rings. The number of ether oxygens (including phenoxy) is 2. The Morgan fingerprint density at radius 3 is 2.52 bits per heavy atom. The van der Waals surface area contributed by atoms with Gasteiger partial charge in [0.2, 0.25) is 6.10 Å². The van der Waals surface area contributed by atoms with Crippen molar-refractivity contribution in [1.82, 2.24) is 4.90 Å². The minimum absolute atomic E-state index is 0.0266. The molecule has 7 nitrogen and oxygen atoms in total. The number of rotatable bonds is 8. The van der Waals surface area contributed by atoms with Gasteiger partial charge in [0.05, 0.1) is 18.9 Å². The Balaban J connectivity index is 1.42. The van der Waals surface area contributed by atoms with Crippen LogP contribution >= 0.6 is 0 Å². The van der Waals surface area contributed by atoms with Crippen molar-refractivity contribution in [2.75, 3.05) is 31.2 Å². The summed E-state index contributed by atoms with van der Waals surface area (Å²) in [5.41, 5.74) is 7.76. The molecule has 2 aliphatic rings. The lowest BCUT2D eigenvalue weighted by atomic mass is 10.0. The van der Waals surface area contributed by atoms with Crippen molar-refractivity contribution in [3.63, 3.8) is 0 Å². The van der Waals surface area contributed by atoms with E-state index < -0.39 is 6.10 Å². The first kappa shape index (κ1) is 23.3. The summed E-state index contributed by atoms with van der Waals surface area (Å²) < 4.78 is 11.7. The number of nitrogens with one attached hydrogen (secondary N) is 1. The number of benzene rings is 2. The van der Waals surface area contributed by atoms with Crippen LogP contribution in [0.2, 0.25) is 0 Å². The molecule has 4 rings (SSSR count). The van der Waals surface area contributed by atoms with E-state index in [-0.39, 0.29) is 11.7 Å². The van der Waals surface area contributed by atoms with Crippen LogP contribution in [0, 0.1) is 5.41 Å². The van der Waals surface area contributed by atoms with Crippen molar-refractivity contribution in [1.29, 1.82) is 5.41 Å². The summed E-state index contributed by atoms with van der Waals surface area (Å²) in [6.07, 6.45) is 2.33. The fraction of sp³-hybridized carbons (Fsp3) is 0.462. The Morgan fingerprint density at radius 2 is 1.76 bits per heavy atom. The number of hydrogen-bond donors (Lipinski definition) is 2. The van der Waals surface area contributed by atoms with Crippen LogP contribution in [0.25, 0.3) is 0 Å². The predicted molar refractivity (Wildman–Crippen MR) is 130 cm³/mol. The number of nitrogens with two attached hydrogens (primary N) is 1. The van der Waals surface area contributed by atoms with Gasteiger partial charge in [-0.1, -0.05) is 36.8 Å². The number of nitrogens with zero attached hydrogens (tertiary/aromatic N) is 2. The standard InChI is InChI=1S/C26H34N4O3/c1-18-16-32-17-19(2)29(18)13-6-3-7-14-30-22-11-4-5-12-23(22)33-24(26(30)31)20-9-8-10-21(15-20)25(27)28/h4-5,8-12,15,18-19,24H,3,6-7,13-14,16-17H2,1-2H3,(H3,27,28). The molecular weight excluding hydrogens is 416 g/mol. The number of para-hydroxylation sites is 2. The molecule has 0 bridgehead atoms. The van der Waals surface area contributed by atoms with Gasteiger partial charge in [0.25, 0.3) is 5.91 Å². The molecule has 7 heteroatoms. The van der Waals surface area contributed by atoms with Crippen LogP contribution in [-0.2, 0) is 9.53 Å². The minimum atomic E-state index is -0.741. The van der Waals surface area contributed by atoms with E-state index in [1.54, 1.807) is 18.2 Å². The van der Waals surface area contributed by atoms with Gasteiger partial charge in [-0.2, -0.15) is 0 Å². The van der Waals surface area contributed by atoms with E-state index in [1.807, 2.05) is 35.2 Å². The van der Waals surface area contributed by atoms with Gasteiger partial charge >= 0.3 is 0 Å². The molecule has 2 aliphatic heterocycles. The van der Waals surface area contributed by atoms with Crippen LogP contribution in [0.15, 0.2) is 48.5 Å². The fourth-order valence-corrected chi connectivity index (χ4v) is 4.74. The summed E-state index contributed by atoms with van der Waals surface area (Å²) in [4.78, 5) is 17.8. The first-order chi connectivity index (χ1) is 16.0. The van der Waals surface area contributed by atoms with Gasteiger partial charge in [0.1, 0.15) is 11.6 Å². The van der Waals surface area contributed by atoms with Gasteiger partial charge in [0, 0.05) is 29.8 Å². The number of carbonyl (C=O) groups excluding carboxylic acids is 1. The molecule has 0 aromatic heterocycles. The van der Waals surface area contributed by atoms with E-state index in [9.17, 15) is 4.79 Å². The summed E-state index contributed by atoms with van der Waals surface area (Å²) in [6, 6.07) is 15.8. The second kappa shape index (κ2) is 10.4. The zero-order valence-corrected chi connectivity index (χ0v) is 19.5. The molecular formula is C26H34N4O3. The Bertz CT molecular complexity index is 985. The van der Waals surface area contributed by atoms with E-state index in [0.717, 1.165) is 44.7 Å². The topological polar surface area (TPSA) is 91.9 Å². The van der Waals surface area contributed by atoms with Crippen LogP contribution in [0.5, 0.6) is 5.75 Å². The SMILES string of the molecule is CC1COCC(C)N1CCCCCN1C(=O)C(c2cccc(C(=N)N)c2)Oc2ccccc21. The lowest BCUT2D eigenvalue weighted by molar-refractivity contribution is -0.126. The zero-order valence-electron chi connectivity index (χ0n) is 19.5. The maximum absolute atomic E-state index is 13.5. The van der Waals surface area contributed by atoms with Crippen LogP contribution in [0.3, 0.4) is 0 Å². The third-order valence-electron chi connectivity index (χ3n) is 6.54. The fourth-order valence-electron chi connectivity index (χ4n) is 4.74. The normalized spacial score (nSPS) is 23.2. The monoisotopic (exact) mass is 450 g/mol. The molecule has 1 saturated heterocycles. The largest absolute Gasteiger partial charge is 0.474 e. The molecule has 1 amide bonds. The minimum Gasteiger partial charge on any atom is -0.474 e. The third kappa shape index (κ3) is 5.20. The van der Waals surface area contributed by atoms with Crippen molar-refractivity contribution in [2.45, 2.75) is 51.3 Å². The summed E-state index contributed by atoms with van der Waals surface area (Å²) in [5.74, 6) is 0.595. The average Bonchev–Trinajstić information content (AvgIpc) is 2.81. The van der Waals surface area contributed by atoms with Crippen LogP contribution < -0.4 is 15.4 Å². The van der Waals surface area contributed by atoms with Crippen LogP contribution in [0.4, 0.5) is 5.69 Å². The van der Waals surface area contributed by atoms with Crippen molar-refractivity contribution in [2.24, 2.45) is 5.73 Å². The maximum atomic E-state index is 13.5. The van der Waals surface area contributed by atoms with Crippen LogP contribution in [-0.4, -0.2) is 55.0 Å². The van der Waals surface area contributed by atoms with Crippen molar-refractivity contribution in [3.8, 4) is 5.75 Å². The summed E-state index contributed by atoms with van der Waals surface area (Å²) >= 11 is 0. The number of hydrogen-bond acceptors (Lipinski definition) is 5. The highest BCUT2D eigenvalue weighted by Gasteiger charge is 2.35. The van der Waals surface area contributed by atoms with Crippen LogP contribution in [0.1, 0.15) is 50.3 Å². The Hall–Kier alpha value is -2.90. The highest BCUT2D eigenvalue weighted by atomic mass is 16.5. The number of carbonyl (C=O) groups is 1. The van der Waals surface area contributed by atoms with Crippen molar-refractivity contribution >= 4 is 17.4 Å². The maximum Gasteiger partial charge on any atom is 0.272 e. The highest BCUT2D eigenvalue weighted by Crippen LogP contribution is 2.39. The van der Waals surface area contributed by atoms with E-state index in [4.69, 9.17) is 20.6 Å². The summed E-state index contributed by atoms with van der Waals surface area (Å²) in [5, 5.41) is 7.71. The van der Waals surface area contributed by atoms with Gasteiger partial charge in [-0.05, 0) is 51.4 Å². The van der Waals surface area contributed by atoms with E-state index in [2.05, 4.69) is 18.7 Å². The molecule has 1 fully saturated rings. The van der Waals surface area contributed by atoms with Crippen molar-refractivity contribution in [3.05, 3.63) is 59.7 Å². The average molecular weight is 451 g/mol. The number of unbranched alkanes of at least 4 members (excludes halogenated alkanes) is 2. The second-order valence-electron chi connectivity index (χ2n) is 9.03. The number of anilines is 1. The van der Waals surface area contributed by atoms with Gasteiger partial charge in [-0.15, -0.1) is 0 Å². The molecule has 0 aliphatic carbocycles. The summed E-state index contributed by atoms with van der Waals surface area (Å²) in [7, 11) is 0. The molecule has 0 saturated carbocycles. The quantitative estimate of drug-likeness (QED) is 0.363. The number of amides is 1. The van der Waals surface area contributed by atoms with Gasteiger partial charge in [-0.25, -0.2) is 0 Å². The van der Waals surface area contributed by atoms with E-state index in [0.29, 0.717) is 35.5 Å². The van der Waals surface area contributed by atoms with E-state index in [1.165, 1.54) is 0 Å². The molecule has 3 unspecified atom stereocenters.